The Morgan fingerprint density at radius 3 is 3.21 bits per heavy atom. The molecule has 2 heterocycles. The highest BCUT2D eigenvalue weighted by atomic mass is 16.5. The normalized spacial score (nSPS) is 19.2. The van der Waals surface area contributed by atoms with Crippen LogP contribution >= 0.6 is 0 Å². The van der Waals surface area contributed by atoms with Crippen LogP contribution in [0.5, 0.6) is 0 Å². The summed E-state index contributed by atoms with van der Waals surface area (Å²) in [6, 6.07) is 6.09. The van der Waals surface area contributed by atoms with Crippen molar-refractivity contribution in [3.63, 3.8) is 0 Å². The first-order valence-electron chi connectivity index (χ1n) is 6.82. The molecule has 104 valence electrons. The second-order valence-electron chi connectivity index (χ2n) is 4.68. The quantitative estimate of drug-likeness (QED) is 0.867. The van der Waals surface area contributed by atoms with E-state index in [1.165, 1.54) is 0 Å². The van der Waals surface area contributed by atoms with Crippen LogP contribution in [0.15, 0.2) is 24.4 Å². The Morgan fingerprint density at radius 2 is 2.47 bits per heavy atom. The number of nitrogens with one attached hydrogen (secondary N) is 1. The second-order valence-corrected chi connectivity index (χ2v) is 4.68. The van der Waals surface area contributed by atoms with Crippen LogP contribution in [0.3, 0.4) is 0 Å². The first kappa shape index (κ1) is 13.8. The highest BCUT2D eigenvalue weighted by Gasteiger charge is 2.21. The van der Waals surface area contributed by atoms with E-state index >= 15 is 0 Å². The Kier molecular flexibility index (Phi) is 5.15. The highest BCUT2D eigenvalue weighted by molar-refractivity contribution is 5.77. The van der Waals surface area contributed by atoms with Gasteiger partial charge in [-0.3, -0.25) is 4.79 Å². The van der Waals surface area contributed by atoms with Crippen molar-refractivity contribution in [2.24, 2.45) is 0 Å². The van der Waals surface area contributed by atoms with Crippen LogP contribution in [0.4, 0.5) is 5.82 Å². The number of pyridine rings is 1. The monoisotopic (exact) mass is 263 g/mol. The van der Waals surface area contributed by atoms with Gasteiger partial charge < -0.3 is 15.0 Å². The number of ether oxygens (including phenoxy) is 1. The van der Waals surface area contributed by atoms with Gasteiger partial charge in [0.15, 0.2) is 0 Å². The minimum absolute atomic E-state index is 0.0327. The first-order valence-corrected chi connectivity index (χ1v) is 6.82. The third kappa shape index (κ3) is 4.21. The van der Waals surface area contributed by atoms with Gasteiger partial charge >= 0.3 is 0 Å². The van der Waals surface area contributed by atoms with E-state index in [9.17, 15) is 4.79 Å². The largest absolute Gasteiger partial charge is 0.372 e. The summed E-state index contributed by atoms with van der Waals surface area (Å²) < 4.78 is 5.11. The van der Waals surface area contributed by atoms with Crippen LogP contribution in [0.25, 0.3) is 0 Å². The first-order chi connectivity index (χ1) is 9.29. The molecule has 1 aromatic heterocycles. The van der Waals surface area contributed by atoms with Crippen molar-refractivity contribution in [3.8, 4) is 0 Å². The smallest absolute Gasteiger partial charge is 0.246 e. The number of carbonyl (C=O) groups excluding carboxylic acids is 1. The summed E-state index contributed by atoms with van der Waals surface area (Å²) in [6.45, 7) is 4.41. The van der Waals surface area contributed by atoms with E-state index in [0.29, 0.717) is 6.61 Å². The van der Waals surface area contributed by atoms with Gasteiger partial charge in [-0.15, -0.1) is 0 Å². The van der Waals surface area contributed by atoms with E-state index in [0.717, 1.165) is 31.7 Å². The van der Waals surface area contributed by atoms with Gasteiger partial charge in [-0.1, -0.05) is 6.07 Å². The molecule has 1 saturated heterocycles. The van der Waals surface area contributed by atoms with E-state index in [4.69, 9.17) is 4.74 Å². The molecule has 1 aliphatic heterocycles. The molecule has 19 heavy (non-hydrogen) atoms. The molecule has 0 radical (unpaired) electrons. The molecule has 0 aromatic carbocycles. The lowest BCUT2D eigenvalue weighted by Crippen LogP contribution is -2.48. The number of aromatic nitrogens is 1. The summed E-state index contributed by atoms with van der Waals surface area (Å²) in [5.74, 6) is 0.945. The predicted octanol–water partition coefficient (Wildman–Crippen LogP) is 1.20. The van der Waals surface area contributed by atoms with Gasteiger partial charge in [-0.25, -0.2) is 4.98 Å². The lowest BCUT2D eigenvalue weighted by molar-refractivity contribution is -0.126. The zero-order valence-corrected chi connectivity index (χ0v) is 11.3. The molecule has 1 aliphatic rings. The van der Waals surface area contributed by atoms with Gasteiger partial charge in [0.25, 0.3) is 0 Å². The van der Waals surface area contributed by atoms with E-state index in [1.807, 2.05) is 25.1 Å². The van der Waals surface area contributed by atoms with Crippen molar-refractivity contribution in [3.05, 3.63) is 24.4 Å². The van der Waals surface area contributed by atoms with E-state index in [2.05, 4.69) is 15.2 Å². The Labute approximate surface area is 114 Å². The lowest BCUT2D eigenvalue weighted by atomic mass is 10.1. The van der Waals surface area contributed by atoms with E-state index < -0.39 is 0 Å². The number of anilines is 1. The van der Waals surface area contributed by atoms with Gasteiger partial charge in [0.1, 0.15) is 12.4 Å². The zero-order valence-electron chi connectivity index (χ0n) is 11.3. The van der Waals surface area contributed by atoms with Crippen molar-refractivity contribution in [2.45, 2.75) is 25.8 Å². The van der Waals surface area contributed by atoms with Crippen LogP contribution < -0.4 is 10.2 Å². The minimum atomic E-state index is -0.0327. The maximum absolute atomic E-state index is 11.6. The minimum Gasteiger partial charge on any atom is -0.372 e. The number of piperidine rings is 1. The molecule has 1 unspecified atom stereocenters. The maximum atomic E-state index is 11.6. The zero-order chi connectivity index (χ0) is 13.5. The number of amides is 1. The summed E-state index contributed by atoms with van der Waals surface area (Å²) in [7, 11) is 0. The fourth-order valence-corrected chi connectivity index (χ4v) is 2.31. The van der Waals surface area contributed by atoms with Crippen LogP contribution in [-0.4, -0.2) is 43.2 Å². The van der Waals surface area contributed by atoms with Gasteiger partial charge in [-0.05, 0) is 31.9 Å². The fourth-order valence-electron chi connectivity index (χ4n) is 2.31. The van der Waals surface area contributed by atoms with Crippen molar-refractivity contribution in [2.75, 3.05) is 31.2 Å². The Balaban J connectivity index is 1.85. The SMILES string of the molecule is CCOCC(=O)NC1CCCN(c2ccccn2)C1. The van der Waals surface area contributed by atoms with Gasteiger partial charge in [-0.2, -0.15) is 0 Å². The van der Waals surface area contributed by atoms with E-state index in [1.54, 1.807) is 6.20 Å². The molecule has 0 bridgehead atoms. The molecule has 5 heteroatoms. The summed E-state index contributed by atoms with van der Waals surface area (Å²) in [5.41, 5.74) is 0. The number of hydrogen-bond acceptors (Lipinski definition) is 4. The van der Waals surface area contributed by atoms with Gasteiger partial charge in [0.2, 0.25) is 5.91 Å². The molecule has 1 aromatic rings. The van der Waals surface area contributed by atoms with Crippen molar-refractivity contribution in [1.29, 1.82) is 0 Å². The molecular weight excluding hydrogens is 242 g/mol. The molecule has 5 nitrogen and oxygen atoms in total. The molecule has 0 spiro atoms. The van der Waals surface area contributed by atoms with Gasteiger partial charge in [0, 0.05) is 31.9 Å². The van der Waals surface area contributed by atoms with Crippen LogP contribution in [-0.2, 0) is 9.53 Å². The maximum Gasteiger partial charge on any atom is 0.246 e. The van der Waals surface area contributed by atoms with Gasteiger partial charge in [0.05, 0.1) is 0 Å². The van der Waals surface area contributed by atoms with Crippen molar-refractivity contribution < 1.29 is 9.53 Å². The third-order valence-corrected chi connectivity index (χ3v) is 3.20. The molecule has 1 atom stereocenters. The summed E-state index contributed by atoms with van der Waals surface area (Å²) >= 11 is 0. The molecule has 0 aliphatic carbocycles. The van der Waals surface area contributed by atoms with Crippen LogP contribution in [0.1, 0.15) is 19.8 Å². The predicted molar refractivity (Wildman–Crippen MR) is 74.1 cm³/mol. The highest BCUT2D eigenvalue weighted by Crippen LogP contribution is 2.17. The van der Waals surface area contributed by atoms with Crippen molar-refractivity contribution in [1.82, 2.24) is 10.3 Å². The summed E-state index contributed by atoms with van der Waals surface area (Å²) in [5, 5.41) is 3.02. The van der Waals surface area contributed by atoms with Crippen molar-refractivity contribution >= 4 is 11.7 Å². The molecule has 1 amide bonds. The Morgan fingerprint density at radius 1 is 1.58 bits per heavy atom. The summed E-state index contributed by atoms with van der Waals surface area (Å²) in [6.07, 6.45) is 3.88. The third-order valence-electron chi connectivity index (χ3n) is 3.20. The number of nitrogens with zero attached hydrogens (tertiary/aromatic N) is 2. The Bertz CT molecular complexity index is 397. The van der Waals surface area contributed by atoms with Crippen LogP contribution in [0.2, 0.25) is 0 Å². The van der Waals surface area contributed by atoms with E-state index in [-0.39, 0.29) is 18.6 Å². The standard InChI is InChI=1S/C14H21N3O2/c1-2-19-11-14(18)16-12-6-5-9-17(10-12)13-7-3-4-8-15-13/h3-4,7-8,12H,2,5-6,9-11H2,1H3,(H,16,18). The average Bonchev–Trinajstić information content (AvgIpc) is 2.46. The molecule has 2 rings (SSSR count). The molecule has 1 N–H and O–H groups in total. The average molecular weight is 263 g/mol. The number of hydrogen-bond donors (Lipinski definition) is 1. The molecular formula is C14H21N3O2. The lowest BCUT2D eigenvalue weighted by Gasteiger charge is -2.33. The summed E-state index contributed by atoms with van der Waals surface area (Å²) in [4.78, 5) is 18.2. The topological polar surface area (TPSA) is 54.5 Å². The fraction of sp³-hybridized carbons (Fsp3) is 0.571. The number of carbonyl (C=O) groups is 1. The molecule has 0 saturated carbocycles. The molecule has 1 fully saturated rings. The van der Waals surface area contributed by atoms with Crippen LogP contribution in [0, 0.1) is 0 Å². The number of rotatable bonds is 5. The Hall–Kier alpha value is -1.62. The second kappa shape index (κ2) is 7.09.